The largest absolute Gasteiger partial charge is 0.0584 e. The van der Waals surface area contributed by atoms with Crippen LogP contribution in [-0.4, -0.2) is 0 Å². The molecular formula is C20H18. The minimum absolute atomic E-state index is 1.20. The monoisotopic (exact) mass is 258 g/mol. The molecule has 0 spiro atoms. The lowest BCUT2D eigenvalue weighted by atomic mass is 9.92. The van der Waals surface area contributed by atoms with Crippen LogP contribution in [0.1, 0.15) is 46.2 Å². The van der Waals surface area contributed by atoms with E-state index in [1.165, 1.54) is 59.1 Å². The number of hydrogen-bond donors (Lipinski definition) is 0. The van der Waals surface area contributed by atoms with Gasteiger partial charge in [-0.2, -0.15) is 0 Å². The van der Waals surface area contributed by atoms with E-state index in [1.54, 1.807) is 0 Å². The zero-order chi connectivity index (χ0) is 13.4. The van der Waals surface area contributed by atoms with Crippen LogP contribution < -0.4 is 0 Å². The van der Waals surface area contributed by atoms with Gasteiger partial charge in [-0.3, -0.25) is 0 Å². The van der Waals surface area contributed by atoms with Crippen molar-refractivity contribution in [3.8, 4) is 0 Å². The Morgan fingerprint density at radius 2 is 0.950 bits per heavy atom. The molecule has 0 fully saturated rings. The zero-order valence-corrected chi connectivity index (χ0v) is 11.6. The van der Waals surface area contributed by atoms with E-state index in [-0.39, 0.29) is 0 Å². The summed E-state index contributed by atoms with van der Waals surface area (Å²) in [5.74, 6) is 0. The van der Waals surface area contributed by atoms with Gasteiger partial charge in [-0.25, -0.2) is 0 Å². The fraction of sp³-hybridized carbons (Fsp3) is 0.200. The molecule has 20 heavy (non-hydrogen) atoms. The number of rotatable bonds is 5. The summed E-state index contributed by atoms with van der Waals surface area (Å²) in [5, 5.41) is 0. The van der Waals surface area contributed by atoms with Crippen LogP contribution in [0.5, 0.6) is 0 Å². The van der Waals surface area contributed by atoms with E-state index < -0.39 is 0 Å². The second kappa shape index (κ2) is 4.79. The summed E-state index contributed by atoms with van der Waals surface area (Å²) in [7, 11) is 0. The fourth-order valence-electron chi connectivity index (χ4n) is 2.98. The van der Waals surface area contributed by atoms with Gasteiger partial charge in [0.2, 0.25) is 0 Å². The molecule has 2 aliphatic carbocycles. The van der Waals surface area contributed by atoms with Gasteiger partial charge in [0.05, 0.1) is 0 Å². The highest BCUT2D eigenvalue weighted by molar-refractivity contribution is 5.86. The van der Waals surface area contributed by atoms with Gasteiger partial charge >= 0.3 is 0 Å². The van der Waals surface area contributed by atoms with Crippen molar-refractivity contribution in [1.29, 1.82) is 0 Å². The summed E-state index contributed by atoms with van der Waals surface area (Å²) < 4.78 is 0. The Hall–Kier alpha value is -2.08. The molecule has 0 amide bonds. The van der Waals surface area contributed by atoms with E-state index in [2.05, 4.69) is 60.7 Å². The molecule has 0 heteroatoms. The molecule has 0 radical (unpaired) electrons. The first-order valence-electron chi connectivity index (χ1n) is 7.50. The summed E-state index contributed by atoms with van der Waals surface area (Å²) in [6.07, 6.45) is 13.7. The van der Waals surface area contributed by atoms with Crippen molar-refractivity contribution in [3.63, 3.8) is 0 Å². The molecule has 2 aliphatic rings. The first-order chi connectivity index (χ1) is 9.88. The van der Waals surface area contributed by atoms with Crippen LogP contribution in [0.3, 0.4) is 0 Å². The normalized spacial score (nSPS) is 13.4. The molecule has 2 aromatic rings. The number of aryl methyl sites for hydroxylation is 2. The molecule has 0 nitrogen and oxygen atoms in total. The lowest BCUT2D eigenvalue weighted by Gasteiger charge is -2.13. The molecule has 0 aromatic heterocycles. The van der Waals surface area contributed by atoms with E-state index in [1.807, 2.05) is 0 Å². The fourth-order valence-corrected chi connectivity index (χ4v) is 2.98. The average Bonchev–Trinajstić information content (AvgIpc) is 2.40. The third-order valence-electron chi connectivity index (χ3n) is 4.37. The van der Waals surface area contributed by atoms with Crippen LogP contribution in [0, 0.1) is 0 Å². The molecular weight excluding hydrogens is 240 g/mol. The lowest BCUT2D eigenvalue weighted by molar-refractivity contribution is 0.734. The van der Waals surface area contributed by atoms with Gasteiger partial charge in [0, 0.05) is 0 Å². The minimum atomic E-state index is 1.20. The molecule has 0 atom stereocenters. The Labute approximate surface area is 120 Å². The van der Waals surface area contributed by atoms with Crippen LogP contribution >= 0.6 is 0 Å². The van der Waals surface area contributed by atoms with Crippen LogP contribution in [-0.2, 0) is 12.8 Å². The first kappa shape index (κ1) is 11.7. The standard InChI is InChI=1S/C20H18/c1(3-15-5-7-17-9-11-19(17)13-15)2-4-16-6-8-18-10-12-20(18)14-16/h5-14H,1-4H2. The molecule has 0 unspecified atom stereocenters. The van der Waals surface area contributed by atoms with Gasteiger partial charge in [-0.1, -0.05) is 60.7 Å². The summed E-state index contributed by atoms with van der Waals surface area (Å²) in [4.78, 5) is 0. The van der Waals surface area contributed by atoms with Crippen molar-refractivity contribution in [2.45, 2.75) is 25.7 Å². The SMILES string of the molecule is C1=Cc2cc(CCCCc3ccc4c(c3)C=C4)ccc21. The Bertz CT molecular complexity index is 653. The maximum Gasteiger partial charge on any atom is -0.0181 e. The average molecular weight is 258 g/mol. The number of fused-ring (bicyclic) bond motifs is 2. The predicted octanol–water partition coefficient (Wildman–Crippen LogP) is 5.22. The molecule has 4 rings (SSSR count). The Morgan fingerprint density at radius 1 is 0.500 bits per heavy atom. The third kappa shape index (κ3) is 2.12. The maximum atomic E-state index is 2.34. The van der Waals surface area contributed by atoms with E-state index in [9.17, 15) is 0 Å². The van der Waals surface area contributed by atoms with Crippen LogP contribution in [0.2, 0.25) is 0 Å². The summed E-state index contributed by atoms with van der Waals surface area (Å²) >= 11 is 0. The van der Waals surface area contributed by atoms with E-state index in [0.717, 1.165) is 0 Å². The van der Waals surface area contributed by atoms with Crippen molar-refractivity contribution in [3.05, 3.63) is 69.8 Å². The van der Waals surface area contributed by atoms with Crippen molar-refractivity contribution in [2.24, 2.45) is 0 Å². The second-order valence-electron chi connectivity index (χ2n) is 5.80. The van der Waals surface area contributed by atoms with E-state index in [4.69, 9.17) is 0 Å². The van der Waals surface area contributed by atoms with Crippen LogP contribution in [0.25, 0.3) is 24.3 Å². The predicted molar refractivity (Wildman–Crippen MR) is 87.4 cm³/mol. The summed E-state index contributed by atoms with van der Waals surface area (Å²) in [6.45, 7) is 0. The van der Waals surface area contributed by atoms with Gasteiger partial charge in [-0.15, -0.1) is 0 Å². The highest BCUT2D eigenvalue weighted by atomic mass is 14.1. The third-order valence-corrected chi connectivity index (χ3v) is 4.37. The van der Waals surface area contributed by atoms with Crippen molar-refractivity contribution < 1.29 is 0 Å². The molecule has 0 bridgehead atoms. The quantitative estimate of drug-likeness (QED) is 0.430. The molecule has 0 saturated heterocycles. The summed E-state index contributed by atoms with van der Waals surface area (Å²) in [6, 6.07) is 13.7. The molecule has 98 valence electrons. The summed E-state index contributed by atoms with van der Waals surface area (Å²) in [5.41, 5.74) is 8.57. The van der Waals surface area contributed by atoms with Crippen molar-refractivity contribution >= 4 is 24.3 Å². The first-order valence-corrected chi connectivity index (χ1v) is 7.50. The van der Waals surface area contributed by atoms with Crippen molar-refractivity contribution in [2.75, 3.05) is 0 Å². The Kier molecular flexibility index (Phi) is 2.81. The molecule has 0 heterocycles. The van der Waals surface area contributed by atoms with Crippen LogP contribution in [0.15, 0.2) is 36.4 Å². The lowest BCUT2D eigenvalue weighted by Crippen LogP contribution is -1.95. The number of unbranched alkanes of at least 4 members (excludes halogenated alkanes) is 1. The second-order valence-corrected chi connectivity index (χ2v) is 5.80. The number of hydrogen-bond acceptors (Lipinski definition) is 0. The molecule has 2 aromatic carbocycles. The number of benzene rings is 2. The van der Waals surface area contributed by atoms with Crippen LogP contribution in [0.4, 0.5) is 0 Å². The van der Waals surface area contributed by atoms with Gasteiger partial charge in [0.15, 0.2) is 0 Å². The minimum Gasteiger partial charge on any atom is -0.0584 e. The van der Waals surface area contributed by atoms with Gasteiger partial charge < -0.3 is 0 Å². The Balaban J connectivity index is 1.28. The highest BCUT2D eigenvalue weighted by Gasteiger charge is 2.07. The Morgan fingerprint density at radius 3 is 1.30 bits per heavy atom. The molecule has 0 aliphatic heterocycles. The molecule has 0 N–H and O–H groups in total. The van der Waals surface area contributed by atoms with Gasteiger partial charge in [0.1, 0.15) is 0 Å². The van der Waals surface area contributed by atoms with Gasteiger partial charge in [-0.05, 0) is 59.1 Å². The van der Waals surface area contributed by atoms with E-state index in [0.29, 0.717) is 0 Å². The highest BCUT2D eigenvalue weighted by Crippen LogP contribution is 2.26. The zero-order valence-electron chi connectivity index (χ0n) is 11.6. The topological polar surface area (TPSA) is 0 Å². The van der Waals surface area contributed by atoms with Crippen molar-refractivity contribution in [1.82, 2.24) is 0 Å². The van der Waals surface area contributed by atoms with Gasteiger partial charge in [0.25, 0.3) is 0 Å². The molecule has 0 saturated carbocycles. The maximum absolute atomic E-state index is 2.34. The van der Waals surface area contributed by atoms with E-state index >= 15 is 0 Å². The smallest absolute Gasteiger partial charge is 0.0181 e.